The molecule has 1 fully saturated rings. The third kappa shape index (κ3) is 3.22. The van der Waals surface area contributed by atoms with Crippen LogP contribution >= 0.6 is 0 Å². The number of ether oxygens (including phenoxy) is 1. The molecule has 0 amide bonds. The van der Waals surface area contributed by atoms with E-state index in [1.165, 1.54) is 32.4 Å². The molecule has 3 heterocycles. The van der Waals surface area contributed by atoms with Crippen molar-refractivity contribution in [2.75, 3.05) is 26.2 Å². The number of aromatic amines is 2. The van der Waals surface area contributed by atoms with Gasteiger partial charge in [0.2, 0.25) is 0 Å². The Morgan fingerprint density at radius 3 is 2.79 bits per heavy atom. The van der Waals surface area contributed by atoms with Gasteiger partial charge in [-0.05, 0) is 50.2 Å². The van der Waals surface area contributed by atoms with Gasteiger partial charge in [0.05, 0.1) is 5.39 Å². The van der Waals surface area contributed by atoms with Crippen LogP contribution in [0.5, 0.6) is 11.6 Å². The van der Waals surface area contributed by atoms with E-state index in [1.54, 1.807) is 0 Å². The van der Waals surface area contributed by atoms with E-state index >= 15 is 0 Å². The fourth-order valence-corrected chi connectivity index (χ4v) is 4.22. The van der Waals surface area contributed by atoms with Crippen LogP contribution in [0.1, 0.15) is 19.3 Å². The summed E-state index contributed by atoms with van der Waals surface area (Å²) in [4.78, 5) is 8.85. The summed E-state index contributed by atoms with van der Waals surface area (Å²) in [5.41, 5.74) is 3.03. The maximum absolute atomic E-state index is 10.2. The number of aromatic nitrogens is 2. The molecule has 2 aromatic heterocycles. The number of H-pyrrole nitrogens is 2. The van der Waals surface area contributed by atoms with Gasteiger partial charge in [0.25, 0.3) is 0 Å². The lowest BCUT2D eigenvalue weighted by Crippen LogP contribution is -2.33. The molecule has 0 aliphatic carbocycles. The van der Waals surface area contributed by atoms with E-state index in [2.05, 4.69) is 33.1 Å². The van der Waals surface area contributed by atoms with Crippen LogP contribution in [0.15, 0.2) is 48.7 Å². The van der Waals surface area contributed by atoms with Gasteiger partial charge in [-0.1, -0.05) is 24.6 Å². The third-order valence-electron chi connectivity index (χ3n) is 5.71. The van der Waals surface area contributed by atoms with Gasteiger partial charge in [-0.15, -0.1) is 0 Å². The molecule has 1 aliphatic heterocycles. The molecule has 5 rings (SSSR count). The van der Waals surface area contributed by atoms with Gasteiger partial charge in [-0.3, -0.25) is 4.90 Å². The molecule has 5 heteroatoms. The normalized spacial score (nSPS) is 15.4. The second-order valence-electron chi connectivity index (χ2n) is 7.59. The summed E-state index contributed by atoms with van der Waals surface area (Å²) >= 11 is 0. The topological polar surface area (TPSA) is 64.3 Å². The highest BCUT2D eigenvalue weighted by Crippen LogP contribution is 2.35. The summed E-state index contributed by atoms with van der Waals surface area (Å²) in [6, 6.07) is 14.3. The highest BCUT2D eigenvalue weighted by Gasteiger charge is 2.13. The van der Waals surface area contributed by atoms with E-state index in [9.17, 15) is 5.11 Å². The summed E-state index contributed by atoms with van der Waals surface area (Å²) in [5, 5.41) is 13.1. The first-order valence-electron chi connectivity index (χ1n) is 10.1. The zero-order valence-electron chi connectivity index (χ0n) is 15.9. The van der Waals surface area contributed by atoms with Crippen molar-refractivity contribution in [3.8, 4) is 22.9 Å². The molecule has 0 unspecified atom stereocenters. The monoisotopic (exact) mass is 375 g/mol. The predicted octanol–water partition coefficient (Wildman–Crippen LogP) is 4.89. The first kappa shape index (κ1) is 17.2. The van der Waals surface area contributed by atoms with Gasteiger partial charge < -0.3 is 19.8 Å². The van der Waals surface area contributed by atoms with Crippen LogP contribution in [0.2, 0.25) is 0 Å². The van der Waals surface area contributed by atoms with E-state index in [0.29, 0.717) is 0 Å². The first-order chi connectivity index (χ1) is 13.8. The van der Waals surface area contributed by atoms with Crippen molar-refractivity contribution in [3.63, 3.8) is 0 Å². The van der Waals surface area contributed by atoms with Gasteiger partial charge in [0.15, 0.2) is 5.88 Å². The number of hydrogen-bond acceptors (Lipinski definition) is 3. The molecule has 0 atom stereocenters. The fraction of sp³-hybridized carbons (Fsp3) is 0.304. The maximum atomic E-state index is 10.2. The zero-order valence-corrected chi connectivity index (χ0v) is 15.9. The molecule has 144 valence electrons. The summed E-state index contributed by atoms with van der Waals surface area (Å²) in [6.07, 6.45) is 5.80. The van der Waals surface area contributed by atoms with Gasteiger partial charge in [-0.2, -0.15) is 0 Å². The number of nitrogens with one attached hydrogen (secondary N) is 2. The number of aromatic hydroxyl groups is 1. The van der Waals surface area contributed by atoms with Crippen LogP contribution < -0.4 is 4.74 Å². The number of benzene rings is 2. The van der Waals surface area contributed by atoms with Crippen molar-refractivity contribution in [1.82, 2.24) is 14.9 Å². The zero-order chi connectivity index (χ0) is 18.9. The molecule has 0 bridgehead atoms. The average molecular weight is 375 g/mol. The maximum Gasteiger partial charge on any atom is 0.197 e. The molecular formula is C23H25N3O2. The number of rotatable bonds is 5. The molecule has 0 saturated carbocycles. The minimum atomic E-state index is 0.200. The number of nitrogens with zero attached hydrogens (tertiary/aromatic N) is 1. The van der Waals surface area contributed by atoms with Gasteiger partial charge in [0, 0.05) is 40.3 Å². The molecule has 1 aliphatic rings. The van der Waals surface area contributed by atoms with Crippen molar-refractivity contribution in [3.05, 3.63) is 48.7 Å². The van der Waals surface area contributed by atoms with Crippen molar-refractivity contribution >= 4 is 21.7 Å². The minimum absolute atomic E-state index is 0.200. The number of hydrogen-bond donors (Lipinski definition) is 3. The summed E-state index contributed by atoms with van der Waals surface area (Å²) in [6.45, 7) is 4.10. The Labute approximate surface area is 163 Å². The third-order valence-corrected chi connectivity index (χ3v) is 5.71. The van der Waals surface area contributed by atoms with Crippen LogP contribution in [0, 0.1) is 0 Å². The Kier molecular flexibility index (Phi) is 4.45. The van der Waals surface area contributed by atoms with E-state index in [4.69, 9.17) is 4.74 Å². The molecule has 3 N–H and O–H groups in total. The van der Waals surface area contributed by atoms with Gasteiger partial charge in [-0.25, -0.2) is 0 Å². The quantitative estimate of drug-likeness (QED) is 0.465. The van der Waals surface area contributed by atoms with Crippen molar-refractivity contribution in [1.29, 1.82) is 0 Å². The van der Waals surface area contributed by atoms with Gasteiger partial charge in [0.1, 0.15) is 12.4 Å². The van der Waals surface area contributed by atoms with Crippen molar-refractivity contribution < 1.29 is 9.84 Å². The molecule has 0 radical (unpaired) electrons. The Hall–Kier alpha value is -2.92. The van der Waals surface area contributed by atoms with Crippen LogP contribution in [0.4, 0.5) is 0 Å². The van der Waals surface area contributed by atoms with E-state index in [-0.39, 0.29) is 5.88 Å². The predicted molar refractivity (Wildman–Crippen MR) is 113 cm³/mol. The summed E-state index contributed by atoms with van der Waals surface area (Å²) in [5.74, 6) is 1.10. The van der Waals surface area contributed by atoms with Crippen LogP contribution in [0.25, 0.3) is 32.9 Å². The fourth-order valence-electron chi connectivity index (χ4n) is 4.22. The molecule has 0 spiro atoms. The smallest absolute Gasteiger partial charge is 0.197 e. The lowest BCUT2D eigenvalue weighted by molar-refractivity contribution is 0.183. The Balaban J connectivity index is 1.37. The average Bonchev–Trinajstić information content (AvgIpc) is 3.32. The Morgan fingerprint density at radius 2 is 1.89 bits per heavy atom. The Morgan fingerprint density at radius 1 is 1.00 bits per heavy atom. The Bertz CT molecular complexity index is 1110. The number of likely N-dealkylation sites (tertiary alicyclic amines) is 1. The van der Waals surface area contributed by atoms with Crippen molar-refractivity contribution in [2.24, 2.45) is 0 Å². The molecule has 2 aromatic carbocycles. The SMILES string of the molecule is Oc1[nH]cc2cccc(-c3cc4cc(OCCN5CCCCC5)ccc4[nH]3)c12. The molecule has 5 nitrogen and oxygen atoms in total. The second-order valence-corrected chi connectivity index (χ2v) is 7.59. The van der Waals surface area contributed by atoms with E-state index in [0.717, 1.165) is 51.8 Å². The number of fused-ring (bicyclic) bond motifs is 2. The number of piperidine rings is 1. The van der Waals surface area contributed by atoms with E-state index in [1.807, 2.05) is 30.5 Å². The molecule has 4 aromatic rings. The summed E-state index contributed by atoms with van der Waals surface area (Å²) < 4.78 is 6.01. The highest BCUT2D eigenvalue weighted by molar-refractivity contribution is 6.01. The van der Waals surface area contributed by atoms with Crippen molar-refractivity contribution in [2.45, 2.75) is 19.3 Å². The van der Waals surface area contributed by atoms with Gasteiger partial charge >= 0.3 is 0 Å². The van der Waals surface area contributed by atoms with Crippen LogP contribution in [-0.2, 0) is 0 Å². The largest absolute Gasteiger partial charge is 0.494 e. The van der Waals surface area contributed by atoms with Crippen LogP contribution in [-0.4, -0.2) is 46.2 Å². The minimum Gasteiger partial charge on any atom is -0.494 e. The van der Waals surface area contributed by atoms with Crippen LogP contribution in [0.3, 0.4) is 0 Å². The lowest BCUT2D eigenvalue weighted by Gasteiger charge is -2.26. The summed E-state index contributed by atoms with van der Waals surface area (Å²) in [7, 11) is 0. The highest BCUT2D eigenvalue weighted by atomic mass is 16.5. The first-order valence-corrected chi connectivity index (χ1v) is 10.1. The molecule has 28 heavy (non-hydrogen) atoms. The molecular weight excluding hydrogens is 350 g/mol. The second kappa shape index (κ2) is 7.24. The lowest BCUT2D eigenvalue weighted by atomic mass is 10.1. The molecule has 1 saturated heterocycles. The van der Waals surface area contributed by atoms with E-state index < -0.39 is 0 Å². The standard InChI is InChI=1S/C23H25N3O2/c27-23-22-16(15-24-23)5-4-6-19(22)21-14-17-13-18(7-8-20(17)25-21)28-12-11-26-9-2-1-3-10-26/h4-8,13-15,24-25,27H,1-3,9-12H2.